The van der Waals surface area contributed by atoms with Crippen LogP contribution in [0.5, 0.6) is 0 Å². The third-order valence-corrected chi connectivity index (χ3v) is 3.95. The van der Waals surface area contributed by atoms with Gasteiger partial charge in [-0.25, -0.2) is 0 Å². The lowest BCUT2D eigenvalue weighted by molar-refractivity contribution is 0.163. The van der Waals surface area contributed by atoms with Crippen LogP contribution in [0.2, 0.25) is 10.0 Å². The number of hydrogen-bond donors (Lipinski definition) is 1. The average Bonchev–Trinajstić information content (AvgIpc) is 2.23. The Balaban J connectivity index is 2.30. The molecule has 1 aromatic rings. The number of piperidine rings is 1. The highest BCUT2D eigenvalue weighted by molar-refractivity contribution is 6.42. The van der Waals surface area contributed by atoms with E-state index in [2.05, 4.69) is 11.9 Å². The van der Waals surface area contributed by atoms with Gasteiger partial charge < -0.3 is 5.73 Å². The van der Waals surface area contributed by atoms with Gasteiger partial charge in [0, 0.05) is 12.1 Å². The molecule has 0 aliphatic carbocycles. The molecule has 1 saturated heterocycles. The van der Waals surface area contributed by atoms with E-state index in [1.807, 2.05) is 18.2 Å². The number of nitrogens with zero attached hydrogens (tertiary/aromatic N) is 1. The van der Waals surface area contributed by atoms with E-state index in [-0.39, 0.29) is 12.1 Å². The lowest BCUT2D eigenvalue weighted by atomic mass is 9.91. The van der Waals surface area contributed by atoms with Crippen molar-refractivity contribution in [2.45, 2.75) is 24.9 Å². The molecule has 0 spiro atoms. The first-order valence-electron chi connectivity index (χ1n) is 5.50. The summed E-state index contributed by atoms with van der Waals surface area (Å²) in [5.41, 5.74) is 7.33. The highest BCUT2D eigenvalue weighted by Crippen LogP contribution is 2.32. The largest absolute Gasteiger partial charge is 0.326 e. The Morgan fingerprint density at radius 3 is 2.69 bits per heavy atom. The summed E-state index contributed by atoms with van der Waals surface area (Å²) in [5.74, 6) is 0. The monoisotopic (exact) mass is 258 g/mol. The van der Waals surface area contributed by atoms with Crippen LogP contribution < -0.4 is 5.73 Å². The third-order valence-electron chi connectivity index (χ3n) is 3.21. The number of nitrogens with two attached hydrogens (primary N) is 1. The van der Waals surface area contributed by atoms with Crippen molar-refractivity contribution in [2.75, 3.05) is 13.6 Å². The molecular weight excluding hydrogens is 243 g/mol. The Morgan fingerprint density at radius 2 is 2.06 bits per heavy atom. The number of likely N-dealkylation sites (N-methyl/N-ethyl adjacent to an activating group) is 1. The van der Waals surface area contributed by atoms with Crippen LogP contribution in [0.3, 0.4) is 0 Å². The molecule has 0 radical (unpaired) electrons. The van der Waals surface area contributed by atoms with E-state index in [1.165, 1.54) is 0 Å². The van der Waals surface area contributed by atoms with Gasteiger partial charge in [0.05, 0.1) is 10.0 Å². The lowest BCUT2D eigenvalue weighted by Gasteiger charge is -2.37. The number of hydrogen-bond acceptors (Lipinski definition) is 2. The topological polar surface area (TPSA) is 29.3 Å². The third kappa shape index (κ3) is 2.35. The molecule has 0 aromatic heterocycles. The van der Waals surface area contributed by atoms with E-state index in [1.54, 1.807) is 0 Å². The van der Waals surface area contributed by atoms with Gasteiger partial charge in [-0.3, -0.25) is 4.90 Å². The van der Waals surface area contributed by atoms with Crippen molar-refractivity contribution in [3.05, 3.63) is 33.8 Å². The smallest absolute Gasteiger partial charge is 0.0595 e. The number of halogens is 2. The van der Waals surface area contributed by atoms with Crippen LogP contribution in [0.1, 0.15) is 24.4 Å². The lowest BCUT2D eigenvalue weighted by Crippen LogP contribution is -2.43. The minimum absolute atomic E-state index is 0.177. The van der Waals surface area contributed by atoms with Gasteiger partial charge in [-0.15, -0.1) is 0 Å². The highest BCUT2D eigenvalue weighted by Gasteiger charge is 2.27. The molecule has 1 aliphatic rings. The van der Waals surface area contributed by atoms with Gasteiger partial charge in [-0.2, -0.15) is 0 Å². The van der Waals surface area contributed by atoms with Crippen molar-refractivity contribution in [1.82, 2.24) is 4.90 Å². The fourth-order valence-electron chi connectivity index (χ4n) is 2.40. The van der Waals surface area contributed by atoms with Gasteiger partial charge in [-0.05, 0) is 44.1 Å². The van der Waals surface area contributed by atoms with Crippen molar-refractivity contribution >= 4 is 23.2 Å². The minimum atomic E-state index is 0.177. The predicted octanol–water partition coefficient (Wildman–Crippen LogP) is 3.09. The van der Waals surface area contributed by atoms with Gasteiger partial charge >= 0.3 is 0 Å². The first-order chi connectivity index (χ1) is 7.59. The van der Waals surface area contributed by atoms with Gasteiger partial charge in [0.1, 0.15) is 0 Å². The first-order valence-corrected chi connectivity index (χ1v) is 6.26. The van der Waals surface area contributed by atoms with Crippen molar-refractivity contribution in [2.24, 2.45) is 5.73 Å². The maximum absolute atomic E-state index is 6.17. The molecule has 2 nitrogen and oxygen atoms in total. The maximum atomic E-state index is 6.17. The van der Waals surface area contributed by atoms with Crippen molar-refractivity contribution in [1.29, 1.82) is 0 Å². The van der Waals surface area contributed by atoms with E-state index >= 15 is 0 Å². The molecule has 1 aliphatic heterocycles. The molecule has 1 heterocycles. The highest BCUT2D eigenvalue weighted by atomic mass is 35.5. The van der Waals surface area contributed by atoms with Crippen LogP contribution in [0, 0.1) is 0 Å². The molecule has 2 N–H and O–H groups in total. The number of likely N-dealkylation sites (tertiary alicyclic amines) is 1. The van der Waals surface area contributed by atoms with Crippen LogP contribution in [-0.4, -0.2) is 24.5 Å². The zero-order valence-electron chi connectivity index (χ0n) is 9.29. The summed E-state index contributed by atoms with van der Waals surface area (Å²) in [4.78, 5) is 2.29. The molecule has 1 fully saturated rings. The summed E-state index contributed by atoms with van der Waals surface area (Å²) in [5, 5.41) is 1.20. The fraction of sp³-hybridized carbons (Fsp3) is 0.500. The Hall–Kier alpha value is -0.280. The number of rotatable bonds is 1. The molecule has 4 heteroatoms. The summed E-state index contributed by atoms with van der Waals surface area (Å²) in [7, 11) is 2.10. The van der Waals surface area contributed by atoms with E-state index < -0.39 is 0 Å². The summed E-state index contributed by atoms with van der Waals surface area (Å²) in [6.45, 7) is 1.08. The Bertz CT molecular complexity index is 371. The molecule has 2 rings (SSSR count). The average molecular weight is 259 g/mol. The predicted molar refractivity (Wildman–Crippen MR) is 69.0 cm³/mol. The van der Waals surface area contributed by atoms with Crippen molar-refractivity contribution in [3.63, 3.8) is 0 Å². The summed E-state index contributed by atoms with van der Waals surface area (Å²) < 4.78 is 0. The molecule has 2 atom stereocenters. The molecular formula is C12H16Cl2N2. The SMILES string of the molecule is CN1CCCC(N)C1c1ccc(Cl)c(Cl)c1. The second-order valence-corrected chi connectivity index (χ2v) is 5.22. The molecule has 1 aromatic carbocycles. The van der Waals surface area contributed by atoms with E-state index in [0.717, 1.165) is 24.9 Å². The van der Waals surface area contributed by atoms with Crippen molar-refractivity contribution in [3.8, 4) is 0 Å². The van der Waals surface area contributed by atoms with Crippen molar-refractivity contribution < 1.29 is 0 Å². The summed E-state index contributed by atoms with van der Waals surface area (Å²) >= 11 is 12.0. The van der Waals surface area contributed by atoms with Crippen LogP contribution >= 0.6 is 23.2 Å². The second-order valence-electron chi connectivity index (χ2n) is 4.41. The Labute approximate surface area is 106 Å². The standard InChI is InChI=1S/C12H16Cl2N2/c1-16-6-2-3-11(15)12(16)8-4-5-9(13)10(14)7-8/h4-5,7,11-12H,2-3,6,15H2,1H3. The summed E-state index contributed by atoms with van der Waals surface area (Å²) in [6, 6.07) is 6.21. The zero-order valence-corrected chi connectivity index (χ0v) is 10.8. The molecule has 0 bridgehead atoms. The fourth-order valence-corrected chi connectivity index (χ4v) is 2.70. The summed E-state index contributed by atoms with van der Waals surface area (Å²) in [6.07, 6.45) is 2.23. The van der Waals surface area contributed by atoms with Gasteiger partial charge in [0.2, 0.25) is 0 Å². The first kappa shape index (κ1) is 12.2. The second kappa shape index (κ2) is 4.92. The number of benzene rings is 1. The van der Waals surface area contributed by atoms with E-state index in [9.17, 15) is 0 Å². The van der Waals surface area contributed by atoms with Gasteiger partial charge in [-0.1, -0.05) is 29.3 Å². The molecule has 0 saturated carbocycles. The zero-order chi connectivity index (χ0) is 11.7. The van der Waals surface area contributed by atoms with Gasteiger partial charge in [0.25, 0.3) is 0 Å². The van der Waals surface area contributed by atoms with Crippen LogP contribution in [0.15, 0.2) is 18.2 Å². The molecule has 16 heavy (non-hydrogen) atoms. The Kier molecular flexibility index (Phi) is 3.75. The van der Waals surface area contributed by atoms with Gasteiger partial charge in [0.15, 0.2) is 0 Å². The normalized spacial score (nSPS) is 27.0. The van der Waals surface area contributed by atoms with E-state index in [0.29, 0.717) is 10.0 Å². The maximum Gasteiger partial charge on any atom is 0.0595 e. The molecule has 0 amide bonds. The van der Waals surface area contributed by atoms with Crippen LogP contribution in [0.4, 0.5) is 0 Å². The van der Waals surface area contributed by atoms with Crippen LogP contribution in [0.25, 0.3) is 0 Å². The minimum Gasteiger partial charge on any atom is -0.326 e. The quantitative estimate of drug-likeness (QED) is 0.839. The molecule has 2 unspecified atom stereocenters. The van der Waals surface area contributed by atoms with E-state index in [4.69, 9.17) is 28.9 Å². The molecule has 88 valence electrons. The van der Waals surface area contributed by atoms with Crippen LogP contribution in [-0.2, 0) is 0 Å². The Morgan fingerprint density at radius 1 is 1.31 bits per heavy atom.